The van der Waals surface area contributed by atoms with E-state index in [1.165, 1.54) is 6.07 Å². The summed E-state index contributed by atoms with van der Waals surface area (Å²) in [6.45, 7) is 0.463. The number of carbonyl (C=O) groups is 1. The monoisotopic (exact) mass is 273 g/mol. The zero-order valence-corrected chi connectivity index (χ0v) is 11.1. The second kappa shape index (κ2) is 5.49. The molecule has 104 valence electrons. The summed E-state index contributed by atoms with van der Waals surface area (Å²) in [5.41, 5.74) is 0.447. The number of halogens is 1. The Labute approximate surface area is 117 Å². The number of furan rings is 1. The molecule has 1 amide bonds. The number of benzene rings is 1. The SMILES string of the molecule is O=C(Cc1ccccc1F)N(Cc1ccco1)C1CC1. The first-order chi connectivity index (χ1) is 9.74. The minimum atomic E-state index is -0.324. The van der Waals surface area contributed by atoms with E-state index in [-0.39, 0.29) is 24.2 Å². The van der Waals surface area contributed by atoms with Gasteiger partial charge in [0.15, 0.2) is 0 Å². The number of hydrogen-bond acceptors (Lipinski definition) is 2. The van der Waals surface area contributed by atoms with Gasteiger partial charge in [0.1, 0.15) is 11.6 Å². The Hall–Kier alpha value is -2.10. The van der Waals surface area contributed by atoms with Crippen LogP contribution >= 0.6 is 0 Å². The predicted molar refractivity (Wildman–Crippen MR) is 72.4 cm³/mol. The van der Waals surface area contributed by atoms with E-state index in [4.69, 9.17) is 4.42 Å². The topological polar surface area (TPSA) is 33.5 Å². The van der Waals surface area contributed by atoms with Crippen molar-refractivity contribution in [1.29, 1.82) is 0 Å². The largest absolute Gasteiger partial charge is 0.467 e. The zero-order valence-electron chi connectivity index (χ0n) is 11.1. The second-order valence-electron chi connectivity index (χ2n) is 5.10. The van der Waals surface area contributed by atoms with Gasteiger partial charge in [0.25, 0.3) is 0 Å². The van der Waals surface area contributed by atoms with Crippen LogP contribution in [-0.4, -0.2) is 16.8 Å². The number of carbonyl (C=O) groups excluding carboxylic acids is 1. The smallest absolute Gasteiger partial charge is 0.227 e. The summed E-state index contributed by atoms with van der Waals surface area (Å²) in [4.78, 5) is 14.2. The van der Waals surface area contributed by atoms with Crippen molar-refractivity contribution in [2.75, 3.05) is 0 Å². The van der Waals surface area contributed by atoms with E-state index in [1.807, 2.05) is 12.1 Å². The van der Waals surface area contributed by atoms with Crippen LogP contribution in [0.15, 0.2) is 47.1 Å². The van der Waals surface area contributed by atoms with E-state index in [1.54, 1.807) is 29.4 Å². The van der Waals surface area contributed by atoms with Crippen LogP contribution in [0.4, 0.5) is 4.39 Å². The molecule has 2 aromatic rings. The third-order valence-electron chi connectivity index (χ3n) is 3.51. The minimum absolute atomic E-state index is 0.0472. The predicted octanol–water partition coefficient (Wildman–Crippen LogP) is 3.15. The highest BCUT2D eigenvalue weighted by Gasteiger charge is 2.33. The molecule has 20 heavy (non-hydrogen) atoms. The molecule has 0 N–H and O–H groups in total. The number of rotatable bonds is 5. The molecule has 3 nitrogen and oxygen atoms in total. The zero-order chi connectivity index (χ0) is 13.9. The van der Waals surface area contributed by atoms with Gasteiger partial charge in [-0.15, -0.1) is 0 Å². The Morgan fingerprint density at radius 3 is 2.70 bits per heavy atom. The van der Waals surface area contributed by atoms with Crippen molar-refractivity contribution < 1.29 is 13.6 Å². The van der Waals surface area contributed by atoms with Gasteiger partial charge in [-0.2, -0.15) is 0 Å². The molecule has 0 radical (unpaired) electrons. The summed E-state index contributed by atoms with van der Waals surface area (Å²) >= 11 is 0. The fourth-order valence-electron chi connectivity index (χ4n) is 2.28. The van der Waals surface area contributed by atoms with E-state index >= 15 is 0 Å². The Morgan fingerprint density at radius 2 is 2.05 bits per heavy atom. The van der Waals surface area contributed by atoms with Crippen molar-refractivity contribution >= 4 is 5.91 Å². The fraction of sp³-hybridized carbons (Fsp3) is 0.312. The molecule has 1 aromatic heterocycles. The van der Waals surface area contributed by atoms with E-state index in [9.17, 15) is 9.18 Å². The van der Waals surface area contributed by atoms with E-state index < -0.39 is 0 Å². The third kappa shape index (κ3) is 2.90. The van der Waals surface area contributed by atoms with Crippen molar-refractivity contribution in [2.24, 2.45) is 0 Å². The summed E-state index contributed by atoms with van der Waals surface area (Å²) in [7, 11) is 0. The van der Waals surface area contributed by atoms with Crippen LogP contribution in [0.3, 0.4) is 0 Å². The molecule has 0 bridgehead atoms. The van der Waals surface area contributed by atoms with Crippen LogP contribution in [-0.2, 0) is 17.8 Å². The lowest BCUT2D eigenvalue weighted by Gasteiger charge is -2.21. The Bertz CT molecular complexity index is 590. The summed E-state index contributed by atoms with van der Waals surface area (Å²) in [6, 6.07) is 10.4. The standard InChI is InChI=1S/C16H16FNO2/c17-15-6-2-1-4-12(15)10-16(19)18(13-7-8-13)11-14-5-3-9-20-14/h1-6,9,13H,7-8,10-11H2. The first kappa shape index (κ1) is 12.9. The highest BCUT2D eigenvalue weighted by atomic mass is 19.1. The van der Waals surface area contributed by atoms with Gasteiger partial charge >= 0.3 is 0 Å². The van der Waals surface area contributed by atoms with Crippen LogP contribution in [0, 0.1) is 5.82 Å². The quantitative estimate of drug-likeness (QED) is 0.838. The Kier molecular flexibility index (Phi) is 3.54. The van der Waals surface area contributed by atoms with E-state index in [2.05, 4.69) is 0 Å². The maximum atomic E-state index is 13.6. The van der Waals surface area contributed by atoms with Gasteiger partial charge in [0, 0.05) is 6.04 Å². The lowest BCUT2D eigenvalue weighted by atomic mass is 10.1. The fourth-order valence-corrected chi connectivity index (χ4v) is 2.28. The Balaban J connectivity index is 1.71. The first-order valence-corrected chi connectivity index (χ1v) is 6.79. The van der Waals surface area contributed by atoms with Gasteiger partial charge in [0.05, 0.1) is 19.2 Å². The average Bonchev–Trinajstić information content (AvgIpc) is 3.15. The minimum Gasteiger partial charge on any atom is -0.467 e. The van der Waals surface area contributed by atoms with Gasteiger partial charge in [-0.05, 0) is 36.6 Å². The van der Waals surface area contributed by atoms with Crippen LogP contribution < -0.4 is 0 Å². The third-order valence-corrected chi connectivity index (χ3v) is 3.51. The van der Waals surface area contributed by atoms with Crippen molar-refractivity contribution in [3.63, 3.8) is 0 Å². The van der Waals surface area contributed by atoms with Gasteiger partial charge in [0.2, 0.25) is 5.91 Å². The molecule has 0 saturated heterocycles. The molecule has 1 aromatic carbocycles. The molecule has 3 rings (SSSR count). The first-order valence-electron chi connectivity index (χ1n) is 6.79. The van der Waals surface area contributed by atoms with Crippen molar-refractivity contribution in [1.82, 2.24) is 4.90 Å². The molecule has 0 unspecified atom stereocenters. The highest BCUT2D eigenvalue weighted by molar-refractivity contribution is 5.79. The molecule has 4 heteroatoms. The molecule has 0 spiro atoms. The summed E-state index contributed by atoms with van der Waals surface area (Å²) in [6.07, 6.45) is 3.74. The van der Waals surface area contributed by atoms with E-state index in [0.717, 1.165) is 18.6 Å². The Morgan fingerprint density at radius 1 is 1.25 bits per heavy atom. The van der Waals surface area contributed by atoms with Crippen molar-refractivity contribution in [2.45, 2.75) is 31.8 Å². The molecule has 0 atom stereocenters. The van der Waals surface area contributed by atoms with Crippen LogP contribution in [0.2, 0.25) is 0 Å². The number of hydrogen-bond donors (Lipinski definition) is 0. The van der Waals surface area contributed by atoms with Gasteiger partial charge in [-0.1, -0.05) is 18.2 Å². The molecule has 1 aliphatic rings. The maximum Gasteiger partial charge on any atom is 0.227 e. The molecule has 1 heterocycles. The number of amides is 1. The lowest BCUT2D eigenvalue weighted by Crippen LogP contribution is -2.33. The molecular formula is C16H16FNO2. The average molecular weight is 273 g/mol. The molecule has 0 aliphatic heterocycles. The van der Waals surface area contributed by atoms with Crippen molar-refractivity contribution in [3.8, 4) is 0 Å². The van der Waals surface area contributed by atoms with Gasteiger partial charge < -0.3 is 9.32 Å². The molecule has 1 aliphatic carbocycles. The highest BCUT2D eigenvalue weighted by Crippen LogP contribution is 2.29. The van der Waals surface area contributed by atoms with Crippen LogP contribution in [0.25, 0.3) is 0 Å². The summed E-state index contributed by atoms with van der Waals surface area (Å²) in [5, 5.41) is 0. The summed E-state index contributed by atoms with van der Waals surface area (Å²) in [5.74, 6) is 0.391. The second-order valence-corrected chi connectivity index (χ2v) is 5.10. The molecule has 1 saturated carbocycles. The number of nitrogens with zero attached hydrogens (tertiary/aromatic N) is 1. The van der Waals surface area contributed by atoms with Crippen molar-refractivity contribution in [3.05, 3.63) is 59.8 Å². The summed E-state index contributed by atoms with van der Waals surface area (Å²) < 4.78 is 18.9. The van der Waals surface area contributed by atoms with Gasteiger partial charge in [-0.25, -0.2) is 4.39 Å². The lowest BCUT2D eigenvalue weighted by molar-refractivity contribution is -0.132. The van der Waals surface area contributed by atoms with Crippen LogP contribution in [0.1, 0.15) is 24.2 Å². The van der Waals surface area contributed by atoms with Gasteiger partial charge in [-0.3, -0.25) is 4.79 Å². The molecule has 1 fully saturated rings. The van der Waals surface area contributed by atoms with Crippen LogP contribution in [0.5, 0.6) is 0 Å². The van der Waals surface area contributed by atoms with E-state index in [0.29, 0.717) is 12.1 Å². The molecular weight excluding hydrogens is 257 g/mol. The normalized spacial score (nSPS) is 14.2. The maximum absolute atomic E-state index is 13.6.